The smallest absolute Gasteiger partial charge is 0.263 e. The molecule has 0 N–H and O–H groups in total. The van der Waals surface area contributed by atoms with Crippen LogP contribution in [-0.2, 0) is 29.5 Å². The van der Waals surface area contributed by atoms with E-state index in [9.17, 15) is 13.0 Å². The van der Waals surface area contributed by atoms with E-state index in [2.05, 4.69) is 157 Å². The Labute approximate surface area is 361 Å². The van der Waals surface area contributed by atoms with E-state index in [4.69, 9.17) is 0 Å². The first kappa shape index (κ1) is 39.9. The van der Waals surface area contributed by atoms with E-state index in [0.717, 1.165) is 36.9 Å². The van der Waals surface area contributed by atoms with Crippen LogP contribution >= 0.6 is 23.1 Å². The normalized spacial score (nSPS) is 16.8. The van der Waals surface area contributed by atoms with E-state index in [1.54, 1.807) is 23.9 Å². The van der Waals surface area contributed by atoms with E-state index in [1.807, 2.05) is 17.4 Å². The Morgan fingerprint density at radius 2 is 1.38 bits per heavy atom. The molecule has 5 nitrogen and oxygen atoms in total. The number of hydrogen-bond acceptors (Lipinski definition) is 6. The van der Waals surface area contributed by atoms with E-state index >= 15 is 0 Å². The number of allylic oxidation sites excluding steroid dienone is 4. The van der Waals surface area contributed by atoms with Crippen molar-refractivity contribution in [1.29, 1.82) is 0 Å². The molecule has 0 spiro atoms. The number of thioether (sulfide) groups is 1. The van der Waals surface area contributed by atoms with Crippen molar-refractivity contribution in [2.75, 3.05) is 11.4 Å². The van der Waals surface area contributed by atoms with Crippen molar-refractivity contribution >= 4 is 55.2 Å². The molecule has 0 bridgehead atoms. The molecule has 1 aliphatic carbocycles. The molecule has 9 rings (SSSR count). The number of aryl methyl sites for hydroxylation is 3. The highest BCUT2D eigenvalue weighted by Crippen LogP contribution is 2.48. The Hall–Kier alpha value is -5.51. The number of anilines is 1. The summed E-state index contributed by atoms with van der Waals surface area (Å²) in [7, 11) is -4.50. The molecule has 0 saturated carbocycles. The van der Waals surface area contributed by atoms with Crippen LogP contribution in [0.15, 0.2) is 184 Å². The third-order valence-electron chi connectivity index (χ3n) is 11.4. The summed E-state index contributed by atoms with van der Waals surface area (Å²) >= 11 is 3.67. The minimum Gasteiger partial charge on any atom is -0.744 e. The largest absolute Gasteiger partial charge is 0.744 e. The molecule has 1 aromatic heterocycles. The molecule has 0 fully saturated rings. The van der Waals surface area contributed by atoms with Crippen molar-refractivity contribution in [3.63, 3.8) is 0 Å². The number of aromatic nitrogens is 1. The van der Waals surface area contributed by atoms with Gasteiger partial charge in [0.25, 0.3) is 5.01 Å². The van der Waals surface area contributed by atoms with Gasteiger partial charge < -0.3 is 9.45 Å². The summed E-state index contributed by atoms with van der Waals surface area (Å²) in [6, 6.07) is 50.0. The average Bonchev–Trinajstić information content (AvgIpc) is 3.78. The minimum absolute atomic E-state index is 0.201. The standard InChI is InChI=1S/C52H46N2O3S3/c1-36-13-15-38(16-14-36)25-27-53-47-34-44(42-9-5-3-6-10-42)19-23-49(47)58-51(53)32-40-29-37(2)30-41(31-40)33-52-54(28-26-39-17-21-46(22-18-39)60(55,56)57)48-35-45(20-24-50(48)59-52)43-11-7-4-8-12-43/h3-24,31-35,37H,25-30H2,1-2H3. The molecule has 7 aromatic rings. The summed E-state index contributed by atoms with van der Waals surface area (Å²) in [4.78, 5) is 3.42. The molecule has 1 atom stereocenters. The average molecular weight is 843 g/mol. The fraction of sp³-hybridized carbons (Fsp3) is 0.173. The van der Waals surface area contributed by atoms with Crippen molar-refractivity contribution in [2.45, 2.75) is 55.9 Å². The molecule has 1 unspecified atom stereocenters. The zero-order valence-corrected chi connectivity index (χ0v) is 36.2. The molecule has 0 amide bonds. The van der Waals surface area contributed by atoms with Crippen molar-refractivity contribution in [2.24, 2.45) is 5.92 Å². The van der Waals surface area contributed by atoms with Gasteiger partial charge in [-0.05, 0) is 113 Å². The van der Waals surface area contributed by atoms with Crippen LogP contribution < -0.4 is 9.47 Å². The van der Waals surface area contributed by atoms with Crippen molar-refractivity contribution < 1.29 is 17.5 Å². The second-order valence-electron chi connectivity index (χ2n) is 16.0. The zero-order chi connectivity index (χ0) is 41.2. The van der Waals surface area contributed by atoms with Crippen LogP contribution in [0.4, 0.5) is 5.69 Å². The van der Waals surface area contributed by atoms with Crippen molar-refractivity contribution in [3.05, 3.63) is 196 Å². The lowest BCUT2D eigenvalue weighted by molar-refractivity contribution is -0.668. The Kier molecular flexibility index (Phi) is 11.5. The van der Waals surface area contributed by atoms with Gasteiger partial charge in [-0.1, -0.05) is 151 Å². The molecule has 0 radical (unpaired) electrons. The summed E-state index contributed by atoms with van der Waals surface area (Å²) in [5.41, 5.74) is 13.5. The number of hydrogen-bond donors (Lipinski definition) is 0. The monoisotopic (exact) mass is 842 g/mol. The van der Waals surface area contributed by atoms with Gasteiger partial charge in [-0.2, -0.15) is 4.57 Å². The number of fused-ring (bicyclic) bond motifs is 2. The number of nitrogens with zero attached hydrogens (tertiary/aromatic N) is 2. The maximum absolute atomic E-state index is 11.6. The summed E-state index contributed by atoms with van der Waals surface area (Å²) in [5.74, 6) is 0.482. The highest BCUT2D eigenvalue weighted by molar-refractivity contribution is 8.03. The molecule has 8 heteroatoms. The van der Waals surface area contributed by atoms with Crippen LogP contribution in [0.1, 0.15) is 41.5 Å². The lowest BCUT2D eigenvalue weighted by Gasteiger charge is -2.24. The third kappa shape index (κ3) is 8.98. The first-order valence-corrected chi connectivity index (χ1v) is 23.6. The third-order valence-corrected chi connectivity index (χ3v) is 14.5. The van der Waals surface area contributed by atoms with Crippen LogP contribution in [0.2, 0.25) is 0 Å². The summed E-state index contributed by atoms with van der Waals surface area (Å²) in [6.07, 6.45) is 10.9. The lowest BCUT2D eigenvalue weighted by atomic mass is 9.87. The minimum atomic E-state index is -4.50. The van der Waals surface area contributed by atoms with Gasteiger partial charge in [-0.25, -0.2) is 8.42 Å². The topological polar surface area (TPSA) is 64.3 Å². The fourth-order valence-corrected chi connectivity index (χ4v) is 11.1. The van der Waals surface area contributed by atoms with Gasteiger partial charge in [-0.15, -0.1) is 0 Å². The molecule has 2 aliphatic rings. The molecule has 6 aromatic carbocycles. The Morgan fingerprint density at radius 3 is 2.08 bits per heavy atom. The number of rotatable bonds is 11. The van der Waals surface area contributed by atoms with Gasteiger partial charge in [0.2, 0.25) is 5.52 Å². The molecular formula is C52H46N2O3S3. The molecule has 1 aliphatic heterocycles. The van der Waals surface area contributed by atoms with Gasteiger partial charge in [0.1, 0.15) is 14.8 Å². The van der Waals surface area contributed by atoms with E-state index in [1.165, 1.54) is 81.9 Å². The lowest BCUT2D eigenvalue weighted by Crippen LogP contribution is -2.36. The molecule has 60 heavy (non-hydrogen) atoms. The first-order chi connectivity index (χ1) is 29.1. The van der Waals surface area contributed by atoms with E-state index in [0.29, 0.717) is 18.9 Å². The van der Waals surface area contributed by atoms with Crippen LogP contribution in [0.5, 0.6) is 0 Å². The van der Waals surface area contributed by atoms with Gasteiger partial charge in [0.15, 0.2) is 6.54 Å². The van der Waals surface area contributed by atoms with Crippen molar-refractivity contribution in [3.8, 4) is 22.3 Å². The second-order valence-corrected chi connectivity index (χ2v) is 19.5. The Morgan fingerprint density at radius 1 is 0.733 bits per heavy atom. The maximum Gasteiger partial charge on any atom is 0.263 e. The van der Waals surface area contributed by atoms with E-state index < -0.39 is 10.1 Å². The summed E-state index contributed by atoms with van der Waals surface area (Å²) in [5, 5.41) is 2.44. The van der Waals surface area contributed by atoms with Gasteiger partial charge >= 0.3 is 0 Å². The van der Waals surface area contributed by atoms with Gasteiger partial charge in [0.05, 0.1) is 15.6 Å². The molecule has 0 saturated heterocycles. The predicted octanol–water partition coefficient (Wildman–Crippen LogP) is 12.4. The quantitative estimate of drug-likeness (QED) is 0.0959. The molecule has 2 heterocycles. The SMILES string of the molecule is Cc1ccc(CC[n+]2c(C=C3C=C(C=C4Sc5ccc(-c6ccccc6)cc5N4CCc4ccc(S(=O)(=O)[O-])cc4)CC(C)C3)sc3ccc(-c4ccccc4)cc32)cc1. The first-order valence-electron chi connectivity index (χ1n) is 20.5. The van der Waals surface area contributed by atoms with Crippen LogP contribution in [0.25, 0.3) is 38.5 Å². The summed E-state index contributed by atoms with van der Waals surface area (Å²) in [6.45, 7) is 6.09. The number of benzene rings is 6. The zero-order valence-electron chi connectivity index (χ0n) is 33.8. The molecular weight excluding hydrogens is 797 g/mol. The maximum atomic E-state index is 11.6. The van der Waals surface area contributed by atoms with Crippen molar-refractivity contribution in [1.82, 2.24) is 0 Å². The Balaban J connectivity index is 1.06. The Bertz CT molecular complexity index is 2880. The highest BCUT2D eigenvalue weighted by atomic mass is 32.2. The van der Waals surface area contributed by atoms with Gasteiger partial charge in [-0.3, -0.25) is 0 Å². The molecule has 300 valence electrons. The highest BCUT2D eigenvalue weighted by Gasteiger charge is 2.28. The number of thiazole rings is 1. The van der Waals surface area contributed by atoms with Crippen LogP contribution in [-0.4, -0.2) is 19.5 Å². The predicted molar refractivity (Wildman–Crippen MR) is 248 cm³/mol. The fourth-order valence-electron chi connectivity index (χ4n) is 8.31. The van der Waals surface area contributed by atoms with Gasteiger partial charge in [0, 0.05) is 30.0 Å². The van der Waals surface area contributed by atoms with Crippen LogP contribution in [0, 0.1) is 12.8 Å². The summed E-state index contributed by atoms with van der Waals surface area (Å²) < 4.78 is 38.6. The van der Waals surface area contributed by atoms with E-state index in [-0.39, 0.29) is 4.90 Å². The second kappa shape index (κ2) is 17.2. The van der Waals surface area contributed by atoms with Crippen LogP contribution in [0.3, 0.4) is 0 Å².